The van der Waals surface area contributed by atoms with Gasteiger partial charge in [0.15, 0.2) is 10.6 Å². The predicted octanol–water partition coefficient (Wildman–Crippen LogP) is 5.20. The third kappa shape index (κ3) is 5.57. The third-order valence-corrected chi connectivity index (χ3v) is 5.57. The van der Waals surface area contributed by atoms with Crippen LogP contribution in [0.4, 0.5) is 5.69 Å². The summed E-state index contributed by atoms with van der Waals surface area (Å²) in [6.45, 7) is 2.32. The molecular weight excluding hydrogens is 446 g/mol. The summed E-state index contributed by atoms with van der Waals surface area (Å²) in [4.78, 5) is 12.9. The summed E-state index contributed by atoms with van der Waals surface area (Å²) in [5.74, 6) is 1.08. The van der Waals surface area contributed by atoms with Gasteiger partial charge in [-0.25, -0.2) is 0 Å². The van der Waals surface area contributed by atoms with Gasteiger partial charge in [0.25, 0.3) is 0 Å². The number of anilines is 1. The van der Waals surface area contributed by atoms with Gasteiger partial charge in [-0.3, -0.25) is 14.5 Å². The summed E-state index contributed by atoms with van der Waals surface area (Å²) in [6.07, 6.45) is 0.363. The number of carbonyl (C=O) groups is 1. The number of aromatic amines is 1. The van der Waals surface area contributed by atoms with Gasteiger partial charge >= 0.3 is 0 Å². The summed E-state index contributed by atoms with van der Waals surface area (Å²) in [5, 5.41) is 18.8. The lowest BCUT2D eigenvalue weighted by atomic mass is 10.1. The van der Waals surface area contributed by atoms with Gasteiger partial charge in [0.2, 0.25) is 5.91 Å². The molecule has 4 aromatic rings. The van der Waals surface area contributed by atoms with Crippen LogP contribution in [0.3, 0.4) is 0 Å². The van der Waals surface area contributed by atoms with E-state index in [1.807, 2.05) is 79.7 Å². The first-order chi connectivity index (χ1) is 16.5. The van der Waals surface area contributed by atoms with Crippen LogP contribution in [0.15, 0.2) is 72.8 Å². The molecule has 0 unspecified atom stereocenters. The van der Waals surface area contributed by atoms with Crippen LogP contribution in [-0.4, -0.2) is 20.7 Å². The van der Waals surface area contributed by atoms with Gasteiger partial charge in [0.1, 0.15) is 18.9 Å². The molecule has 34 heavy (non-hydrogen) atoms. The van der Waals surface area contributed by atoms with E-state index in [1.165, 1.54) is 0 Å². The Bertz CT molecular complexity index is 1380. The molecule has 170 valence electrons. The van der Waals surface area contributed by atoms with Gasteiger partial charge in [-0.1, -0.05) is 60.2 Å². The van der Waals surface area contributed by atoms with E-state index < -0.39 is 0 Å². The molecule has 7 nitrogen and oxygen atoms in total. The SMILES string of the molecule is Cc1ccc(-c2n[nH]c(=S)n2CC(=O)Nc2ccccc2COc2ccc(CC#N)cc2)cc1. The van der Waals surface area contributed by atoms with E-state index in [9.17, 15) is 4.79 Å². The molecule has 0 aliphatic heterocycles. The van der Waals surface area contributed by atoms with E-state index in [1.54, 1.807) is 4.57 Å². The molecule has 0 saturated heterocycles. The average molecular weight is 470 g/mol. The Morgan fingerprint density at radius 1 is 1.12 bits per heavy atom. The second kappa shape index (κ2) is 10.6. The van der Waals surface area contributed by atoms with Gasteiger partial charge in [0.05, 0.1) is 12.5 Å². The Hall–Kier alpha value is -4.22. The standard InChI is InChI=1S/C26H23N5O2S/c1-18-6-10-20(11-7-18)25-29-30-26(34)31(25)16-24(32)28-23-5-3-2-4-21(23)17-33-22-12-8-19(9-13-22)14-15-27/h2-13H,14,16-17H2,1H3,(H,28,32)(H,30,34). The highest BCUT2D eigenvalue weighted by atomic mass is 32.1. The van der Waals surface area contributed by atoms with Gasteiger partial charge in [-0.05, 0) is 42.9 Å². The van der Waals surface area contributed by atoms with Crippen molar-refractivity contribution < 1.29 is 9.53 Å². The van der Waals surface area contributed by atoms with E-state index in [-0.39, 0.29) is 19.1 Å². The second-order valence-corrected chi connectivity index (χ2v) is 8.16. The molecule has 0 spiro atoms. The maximum Gasteiger partial charge on any atom is 0.244 e. The number of nitrogens with zero attached hydrogens (tertiary/aromatic N) is 3. The lowest BCUT2D eigenvalue weighted by Gasteiger charge is -2.13. The number of carbonyl (C=O) groups excluding carboxylic acids is 1. The molecule has 8 heteroatoms. The van der Waals surface area contributed by atoms with E-state index in [0.717, 1.165) is 22.3 Å². The second-order valence-electron chi connectivity index (χ2n) is 7.78. The first-order valence-corrected chi connectivity index (χ1v) is 11.1. The smallest absolute Gasteiger partial charge is 0.244 e. The van der Waals surface area contributed by atoms with Crippen molar-refractivity contribution in [3.63, 3.8) is 0 Å². The number of rotatable bonds is 8. The number of ether oxygens (including phenoxy) is 1. The molecule has 2 N–H and O–H groups in total. The normalized spacial score (nSPS) is 10.5. The van der Waals surface area contributed by atoms with Crippen LogP contribution in [0.25, 0.3) is 11.4 Å². The number of nitrogens with one attached hydrogen (secondary N) is 2. The van der Waals surface area contributed by atoms with E-state index in [2.05, 4.69) is 21.6 Å². The molecule has 0 atom stereocenters. The zero-order valence-corrected chi connectivity index (χ0v) is 19.4. The Morgan fingerprint density at radius 2 is 1.85 bits per heavy atom. The lowest BCUT2D eigenvalue weighted by Crippen LogP contribution is -2.20. The van der Waals surface area contributed by atoms with Gasteiger partial charge in [0, 0.05) is 16.8 Å². The summed E-state index contributed by atoms with van der Waals surface area (Å²) >= 11 is 5.36. The Balaban J connectivity index is 1.45. The van der Waals surface area contributed by atoms with Gasteiger partial charge in [-0.15, -0.1) is 0 Å². The fourth-order valence-corrected chi connectivity index (χ4v) is 3.64. The van der Waals surface area contributed by atoms with Crippen LogP contribution in [-0.2, 0) is 24.4 Å². The fourth-order valence-electron chi connectivity index (χ4n) is 3.44. The van der Waals surface area contributed by atoms with Gasteiger partial charge < -0.3 is 10.1 Å². The number of benzene rings is 3. The molecule has 0 saturated carbocycles. The highest BCUT2D eigenvalue weighted by Crippen LogP contribution is 2.21. The van der Waals surface area contributed by atoms with Crippen molar-refractivity contribution in [1.82, 2.24) is 14.8 Å². The van der Waals surface area contributed by atoms with Crippen LogP contribution in [0.5, 0.6) is 5.75 Å². The van der Waals surface area contributed by atoms with Crippen LogP contribution in [0.1, 0.15) is 16.7 Å². The number of aromatic nitrogens is 3. The Kier molecular flexibility index (Phi) is 7.16. The molecule has 1 aromatic heterocycles. The molecule has 0 aliphatic rings. The molecule has 0 aliphatic carbocycles. The molecule has 4 rings (SSSR count). The minimum atomic E-state index is -0.223. The van der Waals surface area contributed by atoms with E-state index in [4.69, 9.17) is 22.2 Å². The first-order valence-electron chi connectivity index (χ1n) is 10.7. The number of nitriles is 1. The summed E-state index contributed by atoms with van der Waals surface area (Å²) in [5.41, 5.74) is 4.46. The molecule has 3 aromatic carbocycles. The molecule has 0 fully saturated rings. The van der Waals surface area contributed by atoms with Crippen molar-refractivity contribution in [2.24, 2.45) is 0 Å². The highest BCUT2D eigenvalue weighted by Gasteiger charge is 2.14. The number of hydrogen-bond acceptors (Lipinski definition) is 5. The molecule has 0 radical (unpaired) electrons. The topological polar surface area (TPSA) is 95.7 Å². The number of H-pyrrole nitrogens is 1. The van der Waals surface area contributed by atoms with Crippen LogP contribution in [0, 0.1) is 23.0 Å². The van der Waals surface area contributed by atoms with Gasteiger partial charge in [-0.2, -0.15) is 10.4 Å². The van der Waals surface area contributed by atoms with Crippen molar-refractivity contribution in [2.75, 3.05) is 5.32 Å². The molecule has 0 bridgehead atoms. The third-order valence-electron chi connectivity index (χ3n) is 5.26. The minimum absolute atomic E-state index is 0.0219. The number of aryl methyl sites for hydroxylation is 1. The summed E-state index contributed by atoms with van der Waals surface area (Å²) in [7, 11) is 0. The van der Waals surface area contributed by atoms with E-state index in [0.29, 0.717) is 28.5 Å². The lowest BCUT2D eigenvalue weighted by molar-refractivity contribution is -0.116. The maximum absolute atomic E-state index is 12.9. The predicted molar refractivity (Wildman–Crippen MR) is 133 cm³/mol. The van der Waals surface area contributed by atoms with Crippen molar-refractivity contribution >= 4 is 23.8 Å². The number of amides is 1. The minimum Gasteiger partial charge on any atom is -0.489 e. The van der Waals surface area contributed by atoms with Crippen molar-refractivity contribution in [3.8, 4) is 23.2 Å². The average Bonchev–Trinajstić information content (AvgIpc) is 3.20. The Labute approximate surface area is 202 Å². The highest BCUT2D eigenvalue weighted by molar-refractivity contribution is 7.71. The monoisotopic (exact) mass is 469 g/mol. The van der Waals surface area contributed by atoms with Crippen LogP contribution < -0.4 is 10.1 Å². The molecule has 1 amide bonds. The quantitative estimate of drug-likeness (QED) is 0.346. The number of hydrogen-bond donors (Lipinski definition) is 2. The van der Waals surface area contributed by atoms with Crippen LogP contribution in [0.2, 0.25) is 0 Å². The van der Waals surface area contributed by atoms with Crippen molar-refractivity contribution in [1.29, 1.82) is 5.26 Å². The van der Waals surface area contributed by atoms with Crippen molar-refractivity contribution in [3.05, 3.63) is 94.3 Å². The van der Waals surface area contributed by atoms with E-state index >= 15 is 0 Å². The summed E-state index contributed by atoms with van der Waals surface area (Å²) < 4.78 is 7.94. The summed E-state index contributed by atoms with van der Waals surface area (Å²) in [6, 6.07) is 24.9. The molecule has 1 heterocycles. The first kappa shape index (κ1) is 23.0. The van der Waals surface area contributed by atoms with Crippen LogP contribution >= 0.6 is 12.2 Å². The van der Waals surface area contributed by atoms with Crippen molar-refractivity contribution in [2.45, 2.75) is 26.5 Å². The fraction of sp³-hybridized carbons (Fsp3) is 0.154. The largest absolute Gasteiger partial charge is 0.489 e. The zero-order valence-electron chi connectivity index (χ0n) is 18.6. The zero-order chi connectivity index (χ0) is 23.9. The molecular formula is C26H23N5O2S. The number of para-hydroxylation sites is 1. The Morgan fingerprint density at radius 3 is 2.59 bits per heavy atom. The maximum atomic E-state index is 12.9.